The van der Waals surface area contributed by atoms with Crippen LogP contribution in [-0.4, -0.2) is 26.6 Å². The number of rotatable bonds is 5. The molecule has 0 radical (unpaired) electrons. The topological polar surface area (TPSA) is 38.1 Å². The summed E-state index contributed by atoms with van der Waals surface area (Å²) in [6, 6.07) is 6.61. The third kappa shape index (κ3) is 3.61. The van der Waals surface area contributed by atoms with E-state index in [1.165, 1.54) is 12.1 Å². The van der Waals surface area contributed by atoms with Gasteiger partial charge in [0.1, 0.15) is 5.82 Å². The maximum atomic E-state index is 13.0. The molecule has 1 aromatic heterocycles. The van der Waals surface area contributed by atoms with Gasteiger partial charge in [-0.25, -0.2) is 4.39 Å². The van der Waals surface area contributed by atoms with Gasteiger partial charge in [-0.3, -0.25) is 9.48 Å². The number of benzene rings is 1. The summed E-state index contributed by atoms with van der Waals surface area (Å²) in [5.41, 5.74) is 1.84. The molecular formula is C17H18FN3O. The van der Waals surface area contributed by atoms with Gasteiger partial charge >= 0.3 is 0 Å². The van der Waals surface area contributed by atoms with E-state index in [1.807, 2.05) is 18.1 Å². The average Bonchev–Trinajstić information content (AvgIpc) is 3.26. The highest BCUT2D eigenvalue weighted by Gasteiger charge is 2.31. The number of aryl methyl sites for hydroxylation is 1. The molecule has 1 heterocycles. The van der Waals surface area contributed by atoms with E-state index < -0.39 is 0 Å². The van der Waals surface area contributed by atoms with E-state index >= 15 is 0 Å². The highest BCUT2D eigenvalue weighted by atomic mass is 19.1. The number of hydrogen-bond donors (Lipinski definition) is 0. The quantitative estimate of drug-likeness (QED) is 0.796. The summed E-state index contributed by atoms with van der Waals surface area (Å²) in [4.78, 5) is 14.3. The van der Waals surface area contributed by atoms with Crippen molar-refractivity contribution in [3.63, 3.8) is 0 Å². The second-order valence-electron chi connectivity index (χ2n) is 5.60. The molecule has 0 N–H and O–H groups in total. The van der Waals surface area contributed by atoms with Gasteiger partial charge in [0.25, 0.3) is 0 Å². The van der Waals surface area contributed by atoms with E-state index in [0.29, 0.717) is 12.6 Å². The van der Waals surface area contributed by atoms with Crippen LogP contribution in [0.1, 0.15) is 24.0 Å². The van der Waals surface area contributed by atoms with Crippen molar-refractivity contribution in [1.82, 2.24) is 14.7 Å². The Morgan fingerprint density at radius 2 is 2.14 bits per heavy atom. The lowest BCUT2D eigenvalue weighted by Crippen LogP contribution is -2.31. The zero-order valence-electron chi connectivity index (χ0n) is 12.4. The second kappa shape index (κ2) is 6.13. The molecule has 0 spiro atoms. The van der Waals surface area contributed by atoms with Crippen LogP contribution in [0.2, 0.25) is 0 Å². The van der Waals surface area contributed by atoms with E-state index in [2.05, 4.69) is 5.10 Å². The Balaban J connectivity index is 1.69. The Hall–Kier alpha value is -2.43. The molecule has 0 atom stereocenters. The fourth-order valence-corrected chi connectivity index (χ4v) is 2.35. The zero-order chi connectivity index (χ0) is 15.5. The van der Waals surface area contributed by atoms with E-state index in [0.717, 1.165) is 24.0 Å². The largest absolute Gasteiger partial charge is 0.332 e. The van der Waals surface area contributed by atoms with Crippen LogP contribution in [-0.2, 0) is 18.4 Å². The van der Waals surface area contributed by atoms with E-state index in [1.54, 1.807) is 35.2 Å². The number of halogens is 1. The minimum absolute atomic E-state index is 0.0179. The first-order chi connectivity index (χ1) is 10.6. The molecule has 0 saturated heterocycles. The average molecular weight is 299 g/mol. The van der Waals surface area contributed by atoms with Crippen molar-refractivity contribution in [2.45, 2.75) is 25.4 Å². The Morgan fingerprint density at radius 1 is 1.41 bits per heavy atom. The SMILES string of the molecule is Cn1cc(/C=C/C(=O)N(Cc2ccc(F)cc2)C2CC2)cn1. The van der Waals surface area contributed by atoms with Gasteiger partial charge in [-0.15, -0.1) is 0 Å². The molecule has 4 nitrogen and oxygen atoms in total. The first kappa shape index (κ1) is 14.5. The number of amides is 1. The summed E-state index contributed by atoms with van der Waals surface area (Å²) < 4.78 is 14.7. The summed E-state index contributed by atoms with van der Waals surface area (Å²) in [6.45, 7) is 0.515. The molecule has 3 rings (SSSR count). The maximum Gasteiger partial charge on any atom is 0.247 e. The van der Waals surface area contributed by atoms with Gasteiger partial charge in [0.2, 0.25) is 5.91 Å². The first-order valence-electron chi connectivity index (χ1n) is 7.33. The van der Waals surface area contributed by atoms with Gasteiger partial charge in [0.05, 0.1) is 6.20 Å². The monoisotopic (exact) mass is 299 g/mol. The molecule has 0 aliphatic heterocycles. The maximum absolute atomic E-state index is 13.0. The van der Waals surface area contributed by atoms with Crippen LogP contribution < -0.4 is 0 Å². The molecule has 1 aromatic carbocycles. The number of hydrogen-bond acceptors (Lipinski definition) is 2. The van der Waals surface area contributed by atoms with Crippen LogP contribution >= 0.6 is 0 Å². The van der Waals surface area contributed by atoms with Crippen LogP contribution in [0.3, 0.4) is 0 Å². The number of carbonyl (C=O) groups excluding carboxylic acids is 1. The zero-order valence-corrected chi connectivity index (χ0v) is 12.4. The fourth-order valence-electron chi connectivity index (χ4n) is 2.35. The Kier molecular flexibility index (Phi) is 4.04. The molecule has 5 heteroatoms. The molecule has 0 bridgehead atoms. The molecule has 2 aromatic rings. The molecule has 1 saturated carbocycles. The van der Waals surface area contributed by atoms with Gasteiger partial charge in [0, 0.05) is 37.5 Å². The number of carbonyl (C=O) groups is 1. The minimum Gasteiger partial charge on any atom is -0.332 e. The first-order valence-corrected chi connectivity index (χ1v) is 7.33. The highest BCUT2D eigenvalue weighted by molar-refractivity contribution is 5.92. The van der Waals surface area contributed by atoms with Crippen LogP contribution in [0.4, 0.5) is 4.39 Å². The molecule has 1 aliphatic carbocycles. The van der Waals surface area contributed by atoms with E-state index in [-0.39, 0.29) is 11.7 Å². The smallest absolute Gasteiger partial charge is 0.247 e. The predicted molar refractivity (Wildman–Crippen MR) is 82.2 cm³/mol. The lowest BCUT2D eigenvalue weighted by molar-refractivity contribution is -0.127. The summed E-state index contributed by atoms with van der Waals surface area (Å²) >= 11 is 0. The van der Waals surface area contributed by atoms with Crippen LogP contribution in [0.25, 0.3) is 6.08 Å². The minimum atomic E-state index is -0.260. The van der Waals surface area contributed by atoms with Crippen molar-refractivity contribution >= 4 is 12.0 Å². The Labute approximate surface area is 128 Å². The van der Waals surface area contributed by atoms with Crippen molar-refractivity contribution in [3.05, 3.63) is 59.7 Å². The van der Waals surface area contributed by atoms with Crippen molar-refractivity contribution in [2.24, 2.45) is 7.05 Å². The van der Waals surface area contributed by atoms with Crippen molar-refractivity contribution in [2.75, 3.05) is 0 Å². The van der Waals surface area contributed by atoms with Crippen LogP contribution in [0.5, 0.6) is 0 Å². The summed E-state index contributed by atoms with van der Waals surface area (Å²) in [5, 5.41) is 4.07. The van der Waals surface area contributed by atoms with Crippen molar-refractivity contribution in [3.8, 4) is 0 Å². The van der Waals surface area contributed by atoms with E-state index in [9.17, 15) is 9.18 Å². The third-order valence-corrected chi connectivity index (χ3v) is 3.68. The number of nitrogens with zero attached hydrogens (tertiary/aromatic N) is 3. The second-order valence-corrected chi connectivity index (χ2v) is 5.60. The lowest BCUT2D eigenvalue weighted by Gasteiger charge is -2.21. The molecule has 22 heavy (non-hydrogen) atoms. The molecule has 0 unspecified atom stereocenters. The van der Waals surface area contributed by atoms with Crippen molar-refractivity contribution in [1.29, 1.82) is 0 Å². The van der Waals surface area contributed by atoms with Gasteiger partial charge in [-0.1, -0.05) is 12.1 Å². The van der Waals surface area contributed by atoms with Crippen LogP contribution in [0.15, 0.2) is 42.7 Å². The summed E-state index contributed by atoms with van der Waals surface area (Å²) in [7, 11) is 1.84. The number of aromatic nitrogens is 2. The van der Waals surface area contributed by atoms with Gasteiger partial charge in [0.15, 0.2) is 0 Å². The molecule has 1 amide bonds. The normalized spacial score (nSPS) is 14.5. The molecule has 114 valence electrons. The van der Waals surface area contributed by atoms with Gasteiger partial charge in [-0.2, -0.15) is 5.10 Å². The lowest BCUT2D eigenvalue weighted by atomic mass is 10.2. The third-order valence-electron chi connectivity index (χ3n) is 3.68. The van der Waals surface area contributed by atoms with Gasteiger partial charge < -0.3 is 4.90 Å². The standard InChI is InChI=1S/C17H18FN3O/c1-20-11-14(10-19-20)4-9-17(22)21(16-7-8-16)12-13-2-5-15(18)6-3-13/h2-6,9-11,16H,7-8,12H2,1H3/b9-4+. The summed E-state index contributed by atoms with van der Waals surface area (Å²) in [5.74, 6) is -0.278. The highest BCUT2D eigenvalue weighted by Crippen LogP contribution is 2.28. The fraction of sp³-hybridized carbons (Fsp3) is 0.294. The molecule has 1 fully saturated rings. The van der Waals surface area contributed by atoms with Gasteiger partial charge in [-0.05, 0) is 36.6 Å². The Bertz CT molecular complexity index is 686. The molecular weight excluding hydrogens is 281 g/mol. The van der Waals surface area contributed by atoms with Crippen LogP contribution in [0, 0.1) is 5.82 Å². The van der Waals surface area contributed by atoms with E-state index in [4.69, 9.17) is 0 Å². The Morgan fingerprint density at radius 3 is 2.73 bits per heavy atom. The summed E-state index contributed by atoms with van der Waals surface area (Å²) in [6.07, 6.45) is 8.99. The molecule has 1 aliphatic rings. The predicted octanol–water partition coefficient (Wildman–Crippen LogP) is 2.76. The van der Waals surface area contributed by atoms with Crippen molar-refractivity contribution < 1.29 is 9.18 Å².